The highest BCUT2D eigenvalue weighted by Crippen LogP contribution is 2.20. The van der Waals surface area contributed by atoms with Crippen molar-refractivity contribution in [3.05, 3.63) is 47.2 Å². The minimum Gasteiger partial charge on any atom is -0.335 e. The fraction of sp³-hybridized carbons (Fsp3) is 0.353. The second-order valence-corrected chi connectivity index (χ2v) is 8.74. The Morgan fingerprint density at radius 1 is 1.27 bits per heavy atom. The van der Waals surface area contributed by atoms with Gasteiger partial charge in [-0.2, -0.15) is 0 Å². The lowest BCUT2D eigenvalue weighted by molar-refractivity contribution is 0.0707. The smallest absolute Gasteiger partial charge is 0.257 e. The standard InChI is InChI=1S/C17H19ClN4O3S/c1-2-22(15-7-8-26(24,25)11-15)16(23)12-9-19-17(20-10-12)21-14-5-3-13(18)4-6-14/h3-6,9-10,15H,2,7-8,11H2,1H3,(H,19,20,21). The Labute approximate surface area is 157 Å². The molecule has 1 aliphatic heterocycles. The number of hydrogen-bond acceptors (Lipinski definition) is 6. The number of nitrogens with zero attached hydrogens (tertiary/aromatic N) is 3. The number of aromatic nitrogens is 2. The zero-order chi connectivity index (χ0) is 18.7. The van der Waals surface area contributed by atoms with E-state index in [2.05, 4.69) is 15.3 Å². The van der Waals surface area contributed by atoms with E-state index >= 15 is 0 Å². The van der Waals surface area contributed by atoms with E-state index in [1.807, 2.05) is 6.92 Å². The first-order chi connectivity index (χ1) is 12.4. The number of hydrogen-bond donors (Lipinski definition) is 1. The van der Waals surface area contributed by atoms with Crippen LogP contribution in [0, 0.1) is 0 Å². The lowest BCUT2D eigenvalue weighted by Gasteiger charge is -2.26. The Kier molecular flexibility index (Phi) is 5.43. The number of halogens is 1. The third-order valence-electron chi connectivity index (χ3n) is 4.25. The molecule has 0 bridgehead atoms. The lowest BCUT2D eigenvalue weighted by atomic mass is 10.2. The van der Waals surface area contributed by atoms with Crippen LogP contribution in [0.1, 0.15) is 23.7 Å². The molecule has 1 fully saturated rings. The Balaban J connectivity index is 1.70. The fourth-order valence-corrected chi connectivity index (χ4v) is 4.78. The van der Waals surface area contributed by atoms with Crippen molar-refractivity contribution in [2.45, 2.75) is 19.4 Å². The van der Waals surface area contributed by atoms with Crippen molar-refractivity contribution in [2.24, 2.45) is 0 Å². The first kappa shape index (κ1) is 18.6. The van der Waals surface area contributed by atoms with Gasteiger partial charge in [0.05, 0.1) is 17.1 Å². The number of carbonyl (C=O) groups is 1. The number of benzene rings is 1. The topological polar surface area (TPSA) is 92.3 Å². The van der Waals surface area contributed by atoms with Crippen LogP contribution in [0.15, 0.2) is 36.7 Å². The van der Waals surface area contributed by atoms with E-state index in [1.165, 1.54) is 12.4 Å². The van der Waals surface area contributed by atoms with E-state index in [9.17, 15) is 13.2 Å². The van der Waals surface area contributed by atoms with Crippen molar-refractivity contribution in [1.82, 2.24) is 14.9 Å². The van der Waals surface area contributed by atoms with Crippen molar-refractivity contribution in [3.8, 4) is 0 Å². The molecular formula is C17H19ClN4O3S. The van der Waals surface area contributed by atoms with E-state index in [1.54, 1.807) is 29.2 Å². The van der Waals surface area contributed by atoms with Gasteiger partial charge < -0.3 is 10.2 Å². The van der Waals surface area contributed by atoms with Gasteiger partial charge in [0.1, 0.15) is 0 Å². The van der Waals surface area contributed by atoms with Crippen LogP contribution in [0.3, 0.4) is 0 Å². The molecule has 1 aromatic heterocycles. The zero-order valence-corrected chi connectivity index (χ0v) is 15.8. The molecule has 1 atom stereocenters. The summed E-state index contributed by atoms with van der Waals surface area (Å²) in [5.41, 5.74) is 1.11. The number of anilines is 2. The van der Waals surface area contributed by atoms with Crippen LogP contribution in [-0.2, 0) is 9.84 Å². The molecule has 3 rings (SSSR count). The van der Waals surface area contributed by atoms with Gasteiger partial charge in [0.15, 0.2) is 9.84 Å². The van der Waals surface area contributed by atoms with E-state index in [0.29, 0.717) is 29.5 Å². The Bertz CT molecular complexity index is 885. The van der Waals surface area contributed by atoms with Gasteiger partial charge in [-0.1, -0.05) is 11.6 Å². The number of amides is 1. The summed E-state index contributed by atoms with van der Waals surface area (Å²) >= 11 is 5.85. The van der Waals surface area contributed by atoms with E-state index in [0.717, 1.165) is 5.69 Å². The van der Waals surface area contributed by atoms with Gasteiger partial charge >= 0.3 is 0 Å². The van der Waals surface area contributed by atoms with Crippen LogP contribution in [0.4, 0.5) is 11.6 Å². The largest absolute Gasteiger partial charge is 0.335 e. The fourth-order valence-electron chi connectivity index (χ4n) is 2.92. The molecule has 1 aliphatic rings. The predicted molar refractivity (Wildman–Crippen MR) is 101 cm³/mol. The van der Waals surface area contributed by atoms with E-state index < -0.39 is 9.84 Å². The second kappa shape index (κ2) is 7.59. The molecule has 9 heteroatoms. The third kappa shape index (κ3) is 4.31. The van der Waals surface area contributed by atoms with E-state index in [4.69, 9.17) is 11.6 Å². The second-order valence-electron chi connectivity index (χ2n) is 6.08. The maximum atomic E-state index is 12.7. The SMILES string of the molecule is CCN(C(=O)c1cnc(Nc2ccc(Cl)cc2)nc1)C1CCS(=O)(=O)C1. The van der Waals surface area contributed by atoms with Gasteiger partial charge in [-0.3, -0.25) is 4.79 Å². The highest BCUT2D eigenvalue weighted by molar-refractivity contribution is 7.91. The summed E-state index contributed by atoms with van der Waals surface area (Å²) in [6, 6.07) is 6.80. The summed E-state index contributed by atoms with van der Waals surface area (Å²) in [6.07, 6.45) is 3.36. The average Bonchev–Trinajstić information content (AvgIpc) is 2.98. The Morgan fingerprint density at radius 3 is 2.46 bits per heavy atom. The average molecular weight is 395 g/mol. The van der Waals surface area contributed by atoms with Gasteiger partial charge in [-0.25, -0.2) is 18.4 Å². The highest BCUT2D eigenvalue weighted by Gasteiger charge is 2.34. The van der Waals surface area contributed by atoms with Crippen molar-refractivity contribution >= 4 is 39.0 Å². The minimum absolute atomic E-state index is 0.0175. The molecule has 1 saturated heterocycles. The summed E-state index contributed by atoms with van der Waals surface area (Å²) in [6.45, 7) is 2.27. The molecule has 26 heavy (non-hydrogen) atoms. The molecule has 1 N–H and O–H groups in total. The van der Waals surface area contributed by atoms with Crippen LogP contribution in [-0.4, -0.2) is 53.3 Å². The van der Waals surface area contributed by atoms with E-state index in [-0.39, 0.29) is 23.5 Å². The van der Waals surface area contributed by atoms with Crippen LogP contribution in [0.2, 0.25) is 5.02 Å². The molecule has 138 valence electrons. The van der Waals surface area contributed by atoms with Crippen LogP contribution in [0.5, 0.6) is 0 Å². The lowest BCUT2D eigenvalue weighted by Crippen LogP contribution is -2.41. The van der Waals surface area contributed by atoms with Crippen LogP contribution < -0.4 is 5.32 Å². The molecule has 1 unspecified atom stereocenters. The summed E-state index contributed by atoms with van der Waals surface area (Å²) in [4.78, 5) is 22.6. The maximum absolute atomic E-state index is 12.7. The Morgan fingerprint density at radius 2 is 1.92 bits per heavy atom. The quantitative estimate of drug-likeness (QED) is 0.837. The number of sulfone groups is 1. The number of nitrogens with one attached hydrogen (secondary N) is 1. The minimum atomic E-state index is -3.06. The van der Waals surface area contributed by atoms with Crippen molar-refractivity contribution in [3.63, 3.8) is 0 Å². The van der Waals surface area contributed by atoms with Crippen LogP contribution in [0.25, 0.3) is 0 Å². The third-order valence-corrected chi connectivity index (χ3v) is 6.25. The van der Waals surface area contributed by atoms with Crippen molar-refractivity contribution in [1.29, 1.82) is 0 Å². The predicted octanol–water partition coefficient (Wildman–Crippen LogP) is 2.52. The summed E-state index contributed by atoms with van der Waals surface area (Å²) in [5, 5.41) is 3.65. The molecule has 0 aliphatic carbocycles. The summed E-state index contributed by atoms with van der Waals surface area (Å²) in [7, 11) is -3.06. The van der Waals surface area contributed by atoms with Crippen LogP contribution >= 0.6 is 11.6 Å². The molecular weight excluding hydrogens is 376 g/mol. The van der Waals surface area contributed by atoms with Gasteiger partial charge in [-0.05, 0) is 37.6 Å². The van der Waals surface area contributed by atoms with Gasteiger partial charge in [0.25, 0.3) is 5.91 Å². The van der Waals surface area contributed by atoms with Gasteiger partial charge in [-0.15, -0.1) is 0 Å². The summed E-state index contributed by atoms with van der Waals surface area (Å²) in [5.74, 6) is 0.244. The first-order valence-corrected chi connectivity index (χ1v) is 10.4. The first-order valence-electron chi connectivity index (χ1n) is 8.24. The monoisotopic (exact) mass is 394 g/mol. The maximum Gasteiger partial charge on any atom is 0.257 e. The zero-order valence-electron chi connectivity index (χ0n) is 14.2. The number of rotatable bonds is 5. The number of carbonyl (C=O) groups excluding carboxylic acids is 1. The Hall–Kier alpha value is -2.19. The molecule has 0 spiro atoms. The summed E-state index contributed by atoms with van der Waals surface area (Å²) < 4.78 is 23.4. The molecule has 7 nitrogen and oxygen atoms in total. The molecule has 0 radical (unpaired) electrons. The van der Waals surface area contributed by atoms with Gasteiger partial charge in [0, 0.05) is 35.7 Å². The van der Waals surface area contributed by atoms with Crippen molar-refractivity contribution < 1.29 is 13.2 Å². The molecule has 1 amide bonds. The molecule has 1 aromatic carbocycles. The molecule has 2 heterocycles. The normalized spacial score (nSPS) is 18.5. The van der Waals surface area contributed by atoms with Crippen molar-refractivity contribution in [2.75, 3.05) is 23.4 Å². The van der Waals surface area contributed by atoms with Gasteiger partial charge in [0.2, 0.25) is 5.95 Å². The molecule has 2 aromatic rings. The molecule has 0 saturated carbocycles. The highest BCUT2D eigenvalue weighted by atomic mass is 35.5.